The number of thiazole rings is 1. The number of aromatic hydroxyl groups is 1. The van der Waals surface area contributed by atoms with Crippen LogP contribution in [0.4, 0.5) is 33.6 Å². The average molecular weight is 1310 g/mol. The Morgan fingerprint density at radius 1 is 0.631 bits per heavy atom. The molecule has 0 radical (unpaired) electrons. The smallest absolute Gasteiger partial charge is 0.296 e. The molecule has 8 aromatic rings. The van der Waals surface area contributed by atoms with E-state index < -0.39 is 114 Å². The van der Waals surface area contributed by atoms with Gasteiger partial charge in [-0.1, -0.05) is 11.3 Å². The molecule has 0 bridgehead atoms. The number of ether oxygens (including phenoxy) is 2. The van der Waals surface area contributed by atoms with Crippen molar-refractivity contribution in [2.45, 2.75) is 58.1 Å². The van der Waals surface area contributed by atoms with Gasteiger partial charge in [0.2, 0.25) is 11.0 Å². The first kappa shape index (κ1) is 62.7. The van der Waals surface area contributed by atoms with Crippen molar-refractivity contribution in [2.24, 2.45) is 30.7 Å². The van der Waals surface area contributed by atoms with E-state index >= 15 is 0 Å². The van der Waals surface area contributed by atoms with E-state index in [2.05, 4.69) is 40.7 Å². The zero-order valence-electron chi connectivity index (χ0n) is 43.0. The number of pyridine rings is 1. The minimum absolute atomic E-state index is 0.0174. The third-order valence-corrected chi connectivity index (χ3v) is 19.1. The van der Waals surface area contributed by atoms with Crippen LogP contribution in [0.3, 0.4) is 0 Å². The van der Waals surface area contributed by atoms with Crippen molar-refractivity contribution in [2.75, 3.05) is 31.0 Å². The number of benzene rings is 5. The maximum atomic E-state index is 12.6. The second-order valence-electron chi connectivity index (χ2n) is 17.8. The van der Waals surface area contributed by atoms with Gasteiger partial charge in [-0.25, -0.2) is 9.97 Å². The molecule has 84 heavy (non-hydrogen) atoms. The fourth-order valence-electron chi connectivity index (χ4n) is 8.16. The van der Waals surface area contributed by atoms with Gasteiger partial charge in [0.15, 0.2) is 11.3 Å². The van der Waals surface area contributed by atoms with Crippen molar-refractivity contribution in [3.8, 4) is 23.4 Å². The molecule has 0 aliphatic rings. The first-order valence-electron chi connectivity index (χ1n) is 23.1. The summed E-state index contributed by atoms with van der Waals surface area (Å²) in [5.41, 5.74) is -0.821. The van der Waals surface area contributed by atoms with Crippen LogP contribution in [0, 0.1) is 32.1 Å². The number of fused-ring (bicyclic) bond motifs is 6. The Morgan fingerprint density at radius 3 is 1.85 bits per heavy atom. The summed E-state index contributed by atoms with van der Waals surface area (Å²) in [5.74, 6) is -2.17. The van der Waals surface area contributed by atoms with E-state index in [1.165, 1.54) is 51.3 Å². The largest absolute Gasteiger partial charge is 0.494 e. The quantitative estimate of drug-likeness (QED) is 0.0153. The minimum Gasteiger partial charge on any atom is -0.494 e. The van der Waals surface area contributed by atoms with Crippen LogP contribution in [0.1, 0.15) is 35.1 Å². The van der Waals surface area contributed by atoms with E-state index in [0.29, 0.717) is 34.6 Å². The van der Waals surface area contributed by atoms with Gasteiger partial charge in [-0.2, -0.15) is 60.9 Å². The minimum atomic E-state index is -5.33. The molecule has 3 heterocycles. The van der Waals surface area contributed by atoms with Gasteiger partial charge < -0.3 is 14.6 Å². The zero-order valence-corrected chi connectivity index (χ0v) is 49.6. The van der Waals surface area contributed by atoms with Crippen LogP contribution in [0.15, 0.2) is 110 Å². The number of aryl methyl sites for hydroxylation is 2. The van der Waals surface area contributed by atoms with E-state index in [1.807, 2.05) is 6.07 Å². The van der Waals surface area contributed by atoms with E-state index in [0.717, 1.165) is 28.3 Å². The van der Waals surface area contributed by atoms with E-state index in [-0.39, 0.29) is 108 Å². The molecule has 0 atom stereocenters. The summed E-state index contributed by atoms with van der Waals surface area (Å²) >= 11 is 1.50. The van der Waals surface area contributed by atoms with Gasteiger partial charge in [-0.15, -0.1) is 37.3 Å². The monoisotopic (exact) mass is 1310 g/mol. The standard InChI is InChI=1S/C45H40N10O21S8/c1-21-11-32-40(37(12-21)83(69,70)71)47-43-27(20-46)23(3)39(44(56)55(32)43)53-50-29-13-22(2)28(17-34(29)76-7-5-9-79(57,58)59)49-52-31-18-33(75-4)30(19-35(31)77-8-6-10-80(60,61)62)51-54-45-48-41-38(84(72,73)74)16-25-26(42(41)78-45)14-24(81(63,64)65)15-36(25)82(66,67)68/h11-19,56H,5-10H2,1-4H3,(H,57,58,59)(H,60,61,62)(H,63,64,65)(H,66,67,68)(H,69,70,71)(H,72,73,74). The lowest BCUT2D eigenvalue weighted by Crippen LogP contribution is -2.08. The summed E-state index contributed by atoms with van der Waals surface area (Å²) in [5, 5.41) is 46.2. The van der Waals surface area contributed by atoms with Gasteiger partial charge in [0.1, 0.15) is 65.9 Å². The molecule has 0 spiro atoms. The van der Waals surface area contributed by atoms with Gasteiger partial charge in [-0.05, 0) is 93.0 Å². The van der Waals surface area contributed by atoms with Crippen molar-refractivity contribution in [3.63, 3.8) is 0 Å². The molecule has 8 rings (SSSR count). The first-order valence-corrected chi connectivity index (χ1v) is 33.9. The molecule has 0 saturated heterocycles. The highest BCUT2D eigenvalue weighted by Gasteiger charge is 2.29. The molecular weight excluding hydrogens is 1270 g/mol. The van der Waals surface area contributed by atoms with Gasteiger partial charge in [0.05, 0.1) is 46.0 Å². The molecule has 5 aromatic carbocycles. The normalized spacial score (nSPS) is 13.2. The van der Waals surface area contributed by atoms with Crippen molar-refractivity contribution in [1.29, 1.82) is 5.26 Å². The molecule has 39 heteroatoms. The molecule has 0 saturated carbocycles. The summed E-state index contributed by atoms with van der Waals surface area (Å²) in [4.78, 5) is 4.85. The number of imidazole rings is 1. The predicted octanol–water partition coefficient (Wildman–Crippen LogP) is 9.02. The highest BCUT2D eigenvalue weighted by molar-refractivity contribution is 7.99. The molecule has 3 aromatic heterocycles. The number of rotatable bonds is 21. The van der Waals surface area contributed by atoms with E-state index in [4.69, 9.17) is 9.47 Å². The molecule has 31 nitrogen and oxygen atoms in total. The van der Waals surface area contributed by atoms with Crippen molar-refractivity contribution < 1.29 is 92.4 Å². The molecule has 444 valence electrons. The SMILES string of the molecule is COc1cc(N=Nc2cc(OCCCS(=O)(=O)O)c(N=Nc3c(C)c(C#N)c4nc5c(S(=O)(=O)O)cc(C)cc5n4c3O)cc2C)c(SCCCS(=O)(=O)O)cc1N=Nc1nc2c(S(=O)(=O)O)cc3c(S(=O)(=O)O)cc(S(=O)(=O)O)cc3c2s1. The molecule has 0 aliphatic heterocycles. The van der Waals surface area contributed by atoms with Crippen LogP contribution in [-0.2, 0) is 60.7 Å². The van der Waals surface area contributed by atoms with E-state index in [9.17, 15) is 88.2 Å². The number of nitrogens with zero attached hydrogens (tertiary/aromatic N) is 10. The lowest BCUT2D eigenvalue weighted by molar-refractivity contribution is 0.317. The molecule has 7 N–H and O–H groups in total. The number of aromatic nitrogens is 3. The van der Waals surface area contributed by atoms with Crippen LogP contribution in [0.25, 0.3) is 37.7 Å². The Morgan fingerprint density at radius 2 is 1.23 bits per heavy atom. The zero-order chi connectivity index (χ0) is 61.8. The maximum Gasteiger partial charge on any atom is 0.296 e. The van der Waals surface area contributed by atoms with Gasteiger partial charge in [0, 0.05) is 33.4 Å². The molecule has 0 fully saturated rings. The highest BCUT2D eigenvalue weighted by atomic mass is 32.2. The second-order valence-corrected chi connectivity index (χ2v) is 28.7. The summed E-state index contributed by atoms with van der Waals surface area (Å²) in [7, 11) is -28.2. The molecule has 0 unspecified atom stereocenters. The van der Waals surface area contributed by atoms with Crippen LogP contribution < -0.4 is 9.47 Å². The Labute approximate surface area is 484 Å². The number of thioether (sulfide) groups is 1. The Hall–Kier alpha value is -7.30. The molecule has 0 amide bonds. The maximum absolute atomic E-state index is 12.6. The Kier molecular flexibility index (Phi) is 17.4. The Bertz CT molecular complexity index is 4970. The van der Waals surface area contributed by atoms with Crippen LogP contribution >= 0.6 is 23.1 Å². The molecular formula is C45H40N10O21S8. The van der Waals surface area contributed by atoms with Crippen LogP contribution in [0.5, 0.6) is 17.4 Å². The lowest BCUT2D eigenvalue weighted by atomic mass is 10.1. The number of hydrogen-bond acceptors (Lipinski definition) is 26. The fourth-order valence-corrected chi connectivity index (χ4v) is 14.0. The van der Waals surface area contributed by atoms with E-state index in [1.54, 1.807) is 6.92 Å². The lowest BCUT2D eigenvalue weighted by Gasteiger charge is -2.12. The third-order valence-electron chi connectivity index (χ3n) is 11.9. The number of azo groups is 3. The third kappa shape index (κ3) is 13.8. The average Bonchev–Trinajstić information content (AvgIpc) is 1.51. The van der Waals surface area contributed by atoms with Crippen molar-refractivity contribution in [3.05, 3.63) is 76.9 Å². The van der Waals surface area contributed by atoms with Crippen LogP contribution in [0.2, 0.25) is 0 Å². The number of methoxy groups -OCH3 is 1. The number of nitriles is 1. The Balaban J connectivity index is 1.22. The van der Waals surface area contributed by atoms with Crippen molar-refractivity contribution >= 4 is 155 Å². The van der Waals surface area contributed by atoms with Gasteiger partial charge >= 0.3 is 0 Å². The molecule has 0 aliphatic carbocycles. The van der Waals surface area contributed by atoms with Crippen LogP contribution in [-0.4, -0.2) is 128 Å². The summed E-state index contributed by atoms with van der Waals surface area (Å²) in [6.45, 7) is 4.14. The topological polar surface area (TPSA) is 493 Å². The predicted molar refractivity (Wildman–Crippen MR) is 300 cm³/mol. The number of hydrogen-bond donors (Lipinski definition) is 7. The highest BCUT2D eigenvalue weighted by Crippen LogP contribution is 2.46. The van der Waals surface area contributed by atoms with Gasteiger partial charge in [-0.3, -0.25) is 31.7 Å². The summed E-state index contributed by atoms with van der Waals surface area (Å²) in [6, 6.07) is 11.7. The van der Waals surface area contributed by atoms with Gasteiger partial charge in [0.25, 0.3) is 60.7 Å². The van der Waals surface area contributed by atoms with Crippen molar-refractivity contribution in [1.82, 2.24) is 14.4 Å². The second kappa shape index (κ2) is 23.3. The first-order chi connectivity index (χ1) is 39.0. The fraction of sp³-hybridized carbons (Fsp3) is 0.222. The summed E-state index contributed by atoms with van der Waals surface area (Å²) in [6.07, 6.45) is -0.332. The summed E-state index contributed by atoms with van der Waals surface area (Å²) < 4.78 is 216.